The van der Waals surface area contributed by atoms with Gasteiger partial charge in [-0.2, -0.15) is 0 Å². The number of aliphatic carboxylic acids is 1. The van der Waals surface area contributed by atoms with Crippen molar-refractivity contribution in [1.29, 1.82) is 0 Å². The van der Waals surface area contributed by atoms with Crippen LogP contribution in [-0.2, 0) is 40.2 Å². The second-order valence-corrected chi connectivity index (χ2v) is 8.55. The van der Waals surface area contributed by atoms with Crippen molar-refractivity contribution < 1.29 is 19.5 Å². The van der Waals surface area contributed by atoms with Crippen LogP contribution < -0.4 is 5.32 Å². The third-order valence-corrected chi connectivity index (χ3v) is 5.64. The molecule has 0 aliphatic carbocycles. The Kier molecular flexibility index (Phi) is 10.2. The van der Waals surface area contributed by atoms with Gasteiger partial charge in [-0.1, -0.05) is 60.7 Å². The summed E-state index contributed by atoms with van der Waals surface area (Å²) < 4.78 is 0. The standard InChI is InChI=1S/C27H32N4O4/c32-20-24(16-27(34)35)30-26(33)19-31(15-14-22-10-5-2-6-11-22)18-25-28-17-23(29-25)13-7-12-21-8-3-1-4-9-21/h1-6,8-11,17,20,24H,7,12-16,18-19H2,(H,28,29)(H,30,33)(H,34,35)/t24-/m0/s1. The van der Waals surface area contributed by atoms with Crippen LogP contribution in [0.2, 0.25) is 0 Å². The predicted molar refractivity (Wildman–Crippen MR) is 133 cm³/mol. The number of nitrogens with one attached hydrogen (secondary N) is 2. The Morgan fingerprint density at radius 1 is 1.00 bits per heavy atom. The number of amides is 1. The Bertz CT molecular complexity index is 1070. The summed E-state index contributed by atoms with van der Waals surface area (Å²) in [5.41, 5.74) is 3.50. The lowest BCUT2D eigenvalue weighted by atomic mass is 10.1. The average Bonchev–Trinajstić information content (AvgIpc) is 3.30. The molecule has 0 unspecified atom stereocenters. The second-order valence-electron chi connectivity index (χ2n) is 8.55. The molecule has 8 heteroatoms. The number of hydrogen-bond donors (Lipinski definition) is 3. The van der Waals surface area contributed by atoms with Crippen LogP contribution in [0.25, 0.3) is 0 Å². The number of aromatic nitrogens is 2. The largest absolute Gasteiger partial charge is 0.481 e. The van der Waals surface area contributed by atoms with Crippen molar-refractivity contribution in [3.63, 3.8) is 0 Å². The van der Waals surface area contributed by atoms with Crippen molar-refractivity contribution >= 4 is 18.2 Å². The first kappa shape index (κ1) is 25.8. The van der Waals surface area contributed by atoms with E-state index in [9.17, 15) is 14.4 Å². The second kappa shape index (κ2) is 13.8. The quantitative estimate of drug-likeness (QED) is 0.291. The fraction of sp³-hybridized carbons (Fsp3) is 0.333. The van der Waals surface area contributed by atoms with Gasteiger partial charge < -0.3 is 20.2 Å². The first-order valence-electron chi connectivity index (χ1n) is 11.8. The minimum absolute atomic E-state index is 0.0286. The van der Waals surface area contributed by atoms with E-state index in [-0.39, 0.29) is 6.54 Å². The van der Waals surface area contributed by atoms with Gasteiger partial charge in [-0.25, -0.2) is 4.98 Å². The Hall–Kier alpha value is -3.78. The number of aldehydes is 1. The molecule has 1 heterocycles. The lowest BCUT2D eigenvalue weighted by Gasteiger charge is -2.22. The average molecular weight is 477 g/mol. The molecule has 0 aliphatic heterocycles. The van der Waals surface area contributed by atoms with Crippen LogP contribution in [0.15, 0.2) is 66.9 Å². The molecule has 1 amide bonds. The highest BCUT2D eigenvalue weighted by atomic mass is 16.4. The lowest BCUT2D eigenvalue weighted by Crippen LogP contribution is -2.44. The van der Waals surface area contributed by atoms with Gasteiger partial charge in [0.05, 0.1) is 25.6 Å². The number of carbonyl (C=O) groups excluding carboxylic acids is 2. The summed E-state index contributed by atoms with van der Waals surface area (Å²) in [6, 6.07) is 19.3. The number of hydrogen-bond acceptors (Lipinski definition) is 5. The normalized spacial score (nSPS) is 11.8. The number of H-pyrrole nitrogens is 1. The van der Waals surface area contributed by atoms with Crippen molar-refractivity contribution in [3.05, 3.63) is 89.5 Å². The van der Waals surface area contributed by atoms with E-state index >= 15 is 0 Å². The number of carbonyl (C=O) groups is 3. The highest BCUT2D eigenvalue weighted by molar-refractivity contribution is 5.83. The van der Waals surface area contributed by atoms with Crippen LogP contribution in [0.4, 0.5) is 0 Å². The molecule has 1 aromatic heterocycles. The molecule has 35 heavy (non-hydrogen) atoms. The Morgan fingerprint density at radius 2 is 1.66 bits per heavy atom. The van der Waals surface area contributed by atoms with Gasteiger partial charge in [0, 0.05) is 18.4 Å². The number of carboxylic acids is 1. The van der Waals surface area contributed by atoms with E-state index in [2.05, 4.69) is 27.4 Å². The first-order chi connectivity index (χ1) is 17.0. The number of carboxylic acid groups (broad SMARTS) is 1. The number of rotatable bonds is 15. The van der Waals surface area contributed by atoms with Crippen molar-refractivity contribution in [2.24, 2.45) is 0 Å². The Balaban J connectivity index is 1.57. The zero-order chi connectivity index (χ0) is 24.9. The van der Waals surface area contributed by atoms with E-state index in [0.29, 0.717) is 19.4 Å². The van der Waals surface area contributed by atoms with Crippen LogP contribution in [0.1, 0.15) is 35.5 Å². The summed E-state index contributed by atoms with van der Waals surface area (Å²) in [6.45, 7) is 1.07. The van der Waals surface area contributed by atoms with Gasteiger partial charge in [0.2, 0.25) is 5.91 Å². The molecule has 0 saturated carbocycles. The van der Waals surface area contributed by atoms with Crippen molar-refractivity contribution in [2.75, 3.05) is 13.1 Å². The lowest BCUT2D eigenvalue weighted by molar-refractivity contribution is -0.138. The molecule has 3 rings (SSSR count). The number of imidazole rings is 1. The van der Waals surface area contributed by atoms with Crippen LogP contribution in [-0.4, -0.2) is 57.3 Å². The zero-order valence-corrected chi connectivity index (χ0v) is 19.7. The molecule has 3 aromatic rings. The highest BCUT2D eigenvalue weighted by Gasteiger charge is 2.18. The van der Waals surface area contributed by atoms with Gasteiger partial charge >= 0.3 is 5.97 Å². The monoisotopic (exact) mass is 476 g/mol. The molecule has 0 radical (unpaired) electrons. The first-order valence-corrected chi connectivity index (χ1v) is 11.8. The number of aryl methyl sites for hydroxylation is 2. The molecule has 1 atom stereocenters. The van der Waals surface area contributed by atoms with E-state index in [1.807, 2.05) is 59.6 Å². The van der Waals surface area contributed by atoms with Crippen molar-refractivity contribution in [1.82, 2.24) is 20.2 Å². The minimum atomic E-state index is -1.14. The SMILES string of the molecule is O=C[C@H](CC(=O)O)NC(=O)CN(CCc1ccccc1)Cc1ncc(CCCc2ccccc2)[nH]1. The maximum Gasteiger partial charge on any atom is 0.305 e. The number of nitrogens with zero attached hydrogens (tertiary/aromatic N) is 2. The molecular formula is C27H32N4O4. The Morgan fingerprint density at radius 3 is 2.29 bits per heavy atom. The third-order valence-electron chi connectivity index (χ3n) is 5.64. The zero-order valence-electron chi connectivity index (χ0n) is 19.7. The van der Waals surface area contributed by atoms with E-state index in [1.165, 1.54) is 5.56 Å². The van der Waals surface area contributed by atoms with Gasteiger partial charge in [0.25, 0.3) is 0 Å². The Labute approximate surface area is 205 Å². The van der Waals surface area contributed by atoms with Crippen LogP contribution in [0.5, 0.6) is 0 Å². The van der Waals surface area contributed by atoms with E-state index in [4.69, 9.17) is 5.11 Å². The summed E-state index contributed by atoms with van der Waals surface area (Å²) in [5.74, 6) is -0.775. The maximum absolute atomic E-state index is 12.6. The van der Waals surface area contributed by atoms with Gasteiger partial charge in [-0.3, -0.25) is 14.5 Å². The summed E-state index contributed by atoms with van der Waals surface area (Å²) >= 11 is 0. The van der Waals surface area contributed by atoms with Gasteiger partial charge in [0.1, 0.15) is 12.1 Å². The van der Waals surface area contributed by atoms with E-state index in [0.717, 1.165) is 42.8 Å². The molecule has 0 saturated heterocycles. The molecule has 2 aromatic carbocycles. The van der Waals surface area contributed by atoms with Crippen molar-refractivity contribution in [2.45, 2.75) is 44.7 Å². The summed E-state index contributed by atoms with van der Waals surface area (Å²) in [7, 11) is 0. The smallest absolute Gasteiger partial charge is 0.305 e. The van der Waals surface area contributed by atoms with Crippen LogP contribution >= 0.6 is 0 Å². The third kappa shape index (κ3) is 9.54. The molecule has 184 valence electrons. The molecule has 3 N–H and O–H groups in total. The topological polar surface area (TPSA) is 115 Å². The fourth-order valence-corrected chi connectivity index (χ4v) is 3.88. The van der Waals surface area contributed by atoms with Crippen LogP contribution in [0, 0.1) is 0 Å². The van der Waals surface area contributed by atoms with E-state index in [1.54, 1.807) is 0 Å². The minimum Gasteiger partial charge on any atom is -0.481 e. The van der Waals surface area contributed by atoms with E-state index < -0.39 is 24.3 Å². The number of benzene rings is 2. The van der Waals surface area contributed by atoms with Gasteiger partial charge in [0.15, 0.2) is 0 Å². The molecule has 0 spiro atoms. The maximum atomic E-state index is 12.6. The highest BCUT2D eigenvalue weighted by Crippen LogP contribution is 2.09. The summed E-state index contributed by atoms with van der Waals surface area (Å²) in [6.07, 6.45) is 5.46. The summed E-state index contributed by atoms with van der Waals surface area (Å²) in [5, 5.41) is 11.4. The van der Waals surface area contributed by atoms with Gasteiger partial charge in [-0.05, 0) is 36.8 Å². The summed E-state index contributed by atoms with van der Waals surface area (Å²) in [4.78, 5) is 44.4. The molecule has 8 nitrogen and oxygen atoms in total. The molecular weight excluding hydrogens is 444 g/mol. The predicted octanol–water partition coefficient (Wildman–Crippen LogP) is 2.79. The molecule has 0 fully saturated rings. The molecule has 0 aliphatic rings. The number of aromatic amines is 1. The van der Waals surface area contributed by atoms with Gasteiger partial charge in [-0.15, -0.1) is 0 Å². The van der Waals surface area contributed by atoms with Crippen molar-refractivity contribution in [3.8, 4) is 0 Å². The fourth-order valence-electron chi connectivity index (χ4n) is 3.88. The molecule has 0 bridgehead atoms. The van der Waals surface area contributed by atoms with Crippen LogP contribution in [0.3, 0.4) is 0 Å².